The zero-order valence-electron chi connectivity index (χ0n) is 26.2. The highest BCUT2D eigenvalue weighted by Gasteiger charge is 2.22. The van der Waals surface area contributed by atoms with Gasteiger partial charge in [-0.1, -0.05) is 85.8 Å². The second-order valence-electron chi connectivity index (χ2n) is 12.9. The largest absolute Gasteiger partial charge is 0.454 e. The van der Waals surface area contributed by atoms with Gasteiger partial charge in [0.1, 0.15) is 5.58 Å². The van der Waals surface area contributed by atoms with Gasteiger partial charge in [0.2, 0.25) is 0 Å². The van der Waals surface area contributed by atoms with Gasteiger partial charge in [0.25, 0.3) is 0 Å². The van der Waals surface area contributed by atoms with Gasteiger partial charge in [-0.2, -0.15) is 0 Å². The van der Waals surface area contributed by atoms with Crippen molar-refractivity contribution in [2.45, 2.75) is 39.7 Å². The van der Waals surface area contributed by atoms with Gasteiger partial charge < -0.3 is 13.9 Å². The van der Waals surface area contributed by atoms with Crippen LogP contribution in [0.5, 0.6) is 0 Å². The fourth-order valence-electron chi connectivity index (χ4n) is 6.93. The molecular weight excluding hydrogens is 548 g/mol. The van der Waals surface area contributed by atoms with E-state index in [1.807, 2.05) is 12.1 Å². The summed E-state index contributed by atoms with van der Waals surface area (Å²) >= 11 is 0. The summed E-state index contributed by atoms with van der Waals surface area (Å²) in [5, 5.41) is 4.84. The number of hydrogen-bond acceptors (Lipinski definition) is 2. The normalized spacial score (nSPS) is 12.1. The Morgan fingerprint density at radius 3 is 2.07 bits per heavy atom. The molecule has 45 heavy (non-hydrogen) atoms. The predicted octanol–water partition coefficient (Wildman–Crippen LogP) is 12.1. The molecule has 3 heteroatoms. The monoisotopic (exact) mass is 584 g/mol. The van der Waals surface area contributed by atoms with Crippen LogP contribution in [0, 0.1) is 0 Å². The van der Waals surface area contributed by atoms with Crippen molar-refractivity contribution in [2.24, 2.45) is 0 Å². The second-order valence-corrected chi connectivity index (χ2v) is 12.9. The van der Waals surface area contributed by atoms with E-state index in [1.54, 1.807) is 0 Å². The van der Waals surface area contributed by atoms with Crippen LogP contribution in [0.4, 0.5) is 17.1 Å². The first-order valence-electron chi connectivity index (χ1n) is 15.8. The van der Waals surface area contributed by atoms with Crippen LogP contribution in [-0.4, -0.2) is 4.57 Å². The minimum absolute atomic E-state index is 0.0221. The van der Waals surface area contributed by atoms with Crippen molar-refractivity contribution in [1.29, 1.82) is 0 Å². The highest BCUT2D eigenvalue weighted by molar-refractivity contribution is 6.11. The molecule has 0 fully saturated rings. The number of aryl methyl sites for hydroxylation is 1. The van der Waals surface area contributed by atoms with Gasteiger partial charge in [-0.25, -0.2) is 0 Å². The van der Waals surface area contributed by atoms with Crippen molar-refractivity contribution < 1.29 is 4.42 Å². The Morgan fingerprint density at radius 2 is 1.27 bits per heavy atom. The SMILES string of the molecule is CCc1cccc(N(c2ccc(-c3ccc4c(c3)c3ccccc3n4C(C)(C)C)cc2)c2cccc3c2oc2ccccc23)c1. The van der Waals surface area contributed by atoms with Crippen molar-refractivity contribution in [3.63, 3.8) is 0 Å². The van der Waals surface area contributed by atoms with E-state index in [-0.39, 0.29) is 5.54 Å². The number of nitrogens with zero attached hydrogens (tertiary/aromatic N) is 2. The number of hydrogen-bond donors (Lipinski definition) is 0. The summed E-state index contributed by atoms with van der Waals surface area (Å²) in [6, 6.07) is 48.2. The second kappa shape index (κ2) is 10.4. The summed E-state index contributed by atoms with van der Waals surface area (Å²) in [4.78, 5) is 2.33. The maximum Gasteiger partial charge on any atom is 0.159 e. The number of furan rings is 1. The molecule has 6 aromatic carbocycles. The average Bonchev–Trinajstić information content (AvgIpc) is 3.62. The molecule has 0 bridgehead atoms. The Balaban J connectivity index is 1.27. The molecule has 0 saturated heterocycles. The van der Waals surface area contributed by atoms with Gasteiger partial charge in [-0.05, 0) is 98.5 Å². The number of para-hydroxylation sites is 3. The van der Waals surface area contributed by atoms with Gasteiger partial charge in [-0.15, -0.1) is 0 Å². The van der Waals surface area contributed by atoms with Crippen LogP contribution in [-0.2, 0) is 12.0 Å². The zero-order valence-corrected chi connectivity index (χ0v) is 26.2. The Hall–Kier alpha value is -5.28. The Labute approximate surface area is 263 Å². The van der Waals surface area contributed by atoms with Crippen molar-refractivity contribution in [3.05, 3.63) is 139 Å². The van der Waals surface area contributed by atoms with Crippen LogP contribution >= 0.6 is 0 Å². The molecule has 3 nitrogen and oxygen atoms in total. The van der Waals surface area contributed by atoms with Gasteiger partial charge in [0.15, 0.2) is 5.58 Å². The van der Waals surface area contributed by atoms with Gasteiger partial charge in [-0.3, -0.25) is 0 Å². The summed E-state index contributed by atoms with van der Waals surface area (Å²) in [5.74, 6) is 0. The molecule has 0 N–H and O–H groups in total. The molecule has 0 radical (unpaired) electrons. The summed E-state index contributed by atoms with van der Waals surface area (Å²) in [7, 11) is 0. The Morgan fingerprint density at radius 1 is 0.578 bits per heavy atom. The van der Waals surface area contributed by atoms with E-state index in [9.17, 15) is 0 Å². The smallest absolute Gasteiger partial charge is 0.159 e. The molecule has 0 aliphatic rings. The molecule has 0 spiro atoms. The minimum atomic E-state index is -0.0221. The topological polar surface area (TPSA) is 21.3 Å². The maximum absolute atomic E-state index is 6.52. The third kappa shape index (κ3) is 4.50. The first-order chi connectivity index (χ1) is 21.9. The molecule has 0 atom stereocenters. The van der Waals surface area contributed by atoms with Crippen LogP contribution in [0.25, 0.3) is 54.9 Å². The molecule has 0 aliphatic heterocycles. The standard InChI is InChI=1S/C42H36N2O/c1-5-28-12-10-13-32(26-28)43(39-18-11-16-35-34-15-7-9-19-40(34)45-41(35)39)31-23-20-29(21-24-31)30-22-25-38-36(27-30)33-14-6-8-17-37(33)44(38)42(2,3)4/h6-27H,5H2,1-4H3. The first-order valence-corrected chi connectivity index (χ1v) is 15.8. The van der Waals surface area contributed by atoms with Crippen molar-refractivity contribution in [2.75, 3.05) is 4.90 Å². The molecule has 2 aromatic heterocycles. The lowest BCUT2D eigenvalue weighted by atomic mass is 10.0. The molecule has 0 amide bonds. The lowest BCUT2D eigenvalue weighted by Gasteiger charge is -2.26. The maximum atomic E-state index is 6.52. The molecule has 0 unspecified atom stereocenters. The van der Waals surface area contributed by atoms with E-state index in [0.29, 0.717) is 0 Å². The Kier molecular flexibility index (Phi) is 6.32. The number of rotatable bonds is 5. The van der Waals surface area contributed by atoms with E-state index < -0.39 is 0 Å². The quantitative estimate of drug-likeness (QED) is 0.201. The zero-order chi connectivity index (χ0) is 30.7. The van der Waals surface area contributed by atoms with Crippen LogP contribution in [0.2, 0.25) is 0 Å². The van der Waals surface area contributed by atoms with E-state index in [2.05, 4.69) is 158 Å². The van der Waals surface area contributed by atoms with Gasteiger partial charge in [0.05, 0.1) is 5.69 Å². The molecule has 2 heterocycles. The summed E-state index contributed by atoms with van der Waals surface area (Å²) in [6.07, 6.45) is 0.976. The molecular formula is C42H36N2O. The van der Waals surface area contributed by atoms with E-state index in [4.69, 9.17) is 4.42 Å². The van der Waals surface area contributed by atoms with E-state index in [0.717, 1.165) is 45.4 Å². The van der Waals surface area contributed by atoms with Crippen molar-refractivity contribution in [1.82, 2.24) is 4.57 Å². The van der Waals surface area contributed by atoms with Crippen LogP contribution in [0.3, 0.4) is 0 Å². The van der Waals surface area contributed by atoms with Gasteiger partial charge >= 0.3 is 0 Å². The number of anilines is 3. The predicted molar refractivity (Wildman–Crippen MR) is 191 cm³/mol. The molecule has 0 aliphatic carbocycles. The fraction of sp³-hybridized carbons (Fsp3) is 0.143. The molecule has 8 rings (SSSR count). The third-order valence-corrected chi connectivity index (χ3v) is 9.00. The number of aromatic nitrogens is 1. The molecule has 8 aromatic rings. The van der Waals surface area contributed by atoms with Crippen molar-refractivity contribution in [3.8, 4) is 11.1 Å². The van der Waals surface area contributed by atoms with E-state index in [1.165, 1.54) is 38.5 Å². The Bertz CT molecular complexity index is 2350. The van der Waals surface area contributed by atoms with Crippen molar-refractivity contribution >= 4 is 60.8 Å². The third-order valence-electron chi connectivity index (χ3n) is 9.00. The van der Waals surface area contributed by atoms with Crippen LogP contribution in [0.15, 0.2) is 138 Å². The summed E-state index contributed by atoms with van der Waals surface area (Å²) in [5.41, 5.74) is 11.3. The van der Waals surface area contributed by atoms with Crippen LogP contribution < -0.4 is 4.90 Å². The van der Waals surface area contributed by atoms with Crippen LogP contribution in [0.1, 0.15) is 33.3 Å². The summed E-state index contributed by atoms with van der Waals surface area (Å²) in [6.45, 7) is 9.03. The minimum Gasteiger partial charge on any atom is -0.454 e. The number of fused-ring (bicyclic) bond motifs is 6. The lowest BCUT2D eigenvalue weighted by Crippen LogP contribution is -2.21. The molecule has 220 valence electrons. The molecule has 0 saturated carbocycles. The lowest BCUT2D eigenvalue weighted by molar-refractivity contribution is 0.423. The van der Waals surface area contributed by atoms with E-state index >= 15 is 0 Å². The van der Waals surface area contributed by atoms with Gasteiger partial charge in [0, 0.05) is 49.5 Å². The number of benzene rings is 6. The highest BCUT2D eigenvalue weighted by Crippen LogP contribution is 2.43. The fourth-order valence-corrected chi connectivity index (χ4v) is 6.93. The average molecular weight is 585 g/mol. The summed E-state index contributed by atoms with van der Waals surface area (Å²) < 4.78 is 8.98. The highest BCUT2D eigenvalue weighted by atomic mass is 16.3. The first kappa shape index (κ1) is 27.3.